The fraction of sp³-hybridized carbons (Fsp3) is 0.364. The molecule has 0 unspecified atom stereocenters. The molecule has 0 fully saturated rings. The first kappa shape index (κ1) is 12.6. The lowest BCUT2D eigenvalue weighted by atomic mass is 10.3. The molecular weight excluding hydrogens is 256 g/mol. The van der Waals surface area contributed by atoms with E-state index in [-0.39, 0.29) is 5.02 Å². The topological polar surface area (TPSA) is 72.7 Å². The Balaban J connectivity index is 2.39. The molecule has 2 heterocycles. The zero-order valence-corrected chi connectivity index (χ0v) is 10.9. The molecule has 0 aromatic carbocycles. The highest BCUT2D eigenvalue weighted by Crippen LogP contribution is 2.06. The predicted molar refractivity (Wildman–Crippen MR) is 68.0 cm³/mol. The summed E-state index contributed by atoms with van der Waals surface area (Å²) in [4.78, 5) is 24.9. The smallest absolute Gasteiger partial charge is 0.293 e. The van der Waals surface area contributed by atoms with Crippen LogP contribution >= 0.6 is 11.6 Å². The fourth-order valence-electron chi connectivity index (χ4n) is 1.67. The molecule has 6 nitrogen and oxygen atoms in total. The third-order valence-electron chi connectivity index (χ3n) is 2.69. The van der Waals surface area contributed by atoms with E-state index in [1.54, 1.807) is 4.68 Å². The Labute approximate surface area is 108 Å². The van der Waals surface area contributed by atoms with Gasteiger partial charge in [0.2, 0.25) is 0 Å². The van der Waals surface area contributed by atoms with E-state index in [1.165, 1.54) is 10.8 Å². The number of hydrogen-bond donors (Lipinski definition) is 1. The van der Waals surface area contributed by atoms with Gasteiger partial charge in [-0.1, -0.05) is 18.5 Å². The Hall–Kier alpha value is -1.82. The molecule has 18 heavy (non-hydrogen) atoms. The van der Waals surface area contributed by atoms with Gasteiger partial charge in [0.1, 0.15) is 5.02 Å². The molecule has 7 heteroatoms. The van der Waals surface area contributed by atoms with Crippen LogP contribution in [-0.4, -0.2) is 19.3 Å². The number of rotatable bonds is 3. The molecule has 0 bridgehead atoms. The molecule has 0 aliphatic rings. The van der Waals surface area contributed by atoms with Crippen molar-refractivity contribution in [1.82, 2.24) is 19.3 Å². The van der Waals surface area contributed by atoms with E-state index in [2.05, 4.69) is 10.1 Å². The monoisotopic (exact) mass is 268 g/mol. The van der Waals surface area contributed by atoms with Crippen LogP contribution in [0, 0.1) is 0 Å². The highest BCUT2D eigenvalue weighted by molar-refractivity contribution is 6.30. The summed E-state index contributed by atoms with van der Waals surface area (Å²) >= 11 is 5.70. The van der Waals surface area contributed by atoms with Crippen LogP contribution in [0.1, 0.15) is 18.3 Å². The molecule has 2 aromatic rings. The molecule has 0 atom stereocenters. The van der Waals surface area contributed by atoms with Gasteiger partial charge in [-0.15, -0.1) is 0 Å². The molecule has 1 N–H and O–H groups in total. The van der Waals surface area contributed by atoms with Gasteiger partial charge < -0.3 is 0 Å². The van der Waals surface area contributed by atoms with Gasteiger partial charge in [-0.05, 0) is 12.5 Å². The van der Waals surface area contributed by atoms with Crippen LogP contribution in [0.3, 0.4) is 0 Å². The van der Waals surface area contributed by atoms with Gasteiger partial charge in [0, 0.05) is 13.2 Å². The van der Waals surface area contributed by atoms with Crippen molar-refractivity contribution in [1.29, 1.82) is 0 Å². The van der Waals surface area contributed by atoms with Gasteiger partial charge in [-0.3, -0.25) is 19.0 Å². The molecule has 2 rings (SSSR count). The van der Waals surface area contributed by atoms with E-state index in [4.69, 9.17) is 11.6 Å². The van der Waals surface area contributed by atoms with Crippen LogP contribution < -0.4 is 11.2 Å². The summed E-state index contributed by atoms with van der Waals surface area (Å²) in [5.74, 6) is 0. The lowest BCUT2D eigenvalue weighted by Gasteiger charge is -2.05. The Bertz CT molecular complexity index is 683. The number of nitrogens with one attached hydrogen (secondary N) is 1. The summed E-state index contributed by atoms with van der Waals surface area (Å²) < 4.78 is 3.06. The van der Waals surface area contributed by atoms with E-state index in [0.29, 0.717) is 6.54 Å². The summed E-state index contributed by atoms with van der Waals surface area (Å²) in [6.45, 7) is 2.33. The number of halogens is 1. The average molecular weight is 269 g/mol. The molecule has 2 aromatic heterocycles. The number of nitrogens with zero attached hydrogens (tertiary/aromatic N) is 3. The normalized spacial score (nSPS) is 10.8. The van der Waals surface area contributed by atoms with Crippen LogP contribution in [0.5, 0.6) is 0 Å². The van der Waals surface area contributed by atoms with Crippen molar-refractivity contribution in [3.63, 3.8) is 0 Å². The van der Waals surface area contributed by atoms with Crippen LogP contribution in [0.2, 0.25) is 5.02 Å². The van der Waals surface area contributed by atoms with Crippen molar-refractivity contribution in [2.45, 2.75) is 19.9 Å². The maximum absolute atomic E-state index is 11.6. The molecule has 96 valence electrons. The van der Waals surface area contributed by atoms with E-state index in [1.807, 2.05) is 20.0 Å². The van der Waals surface area contributed by atoms with Crippen LogP contribution in [0.4, 0.5) is 0 Å². The third-order valence-corrected chi connectivity index (χ3v) is 2.96. The van der Waals surface area contributed by atoms with Gasteiger partial charge in [-0.2, -0.15) is 5.10 Å². The summed E-state index contributed by atoms with van der Waals surface area (Å²) in [6.07, 6.45) is 2.16. The molecule has 0 spiro atoms. The second-order valence-corrected chi connectivity index (χ2v) is 4.38. The summed E-state index contributed by atoms with van der Waals surface area (Å²) in [5.41, 5.74) is 0.772. The Kier molecular flexibility index (Phi) is 3.38. The minimum absolute atomic E-state index is 0.00696. The largest absolute Gasteiger partial charge is 0.328 e. The number of H-pyrrole nitrogens is 1. The number of aryl methyl sites for hydroxylation is 2. The molecule has 0 aliphatic heterocycles. The van der Waals surface area contributed by atoms with Crippen LogP contribution in [0.25, 0.3) is 0 Å². The number of aromatic nitrogens is 4. The van der Waals surface area contributed by atoms with Gasteiger partial charge in [0.05, 0.1) is 17.9 Å². The van der Waals surface area contributed by atoms with Gasteiger partial charge in [0.25, 0.3) is 5.56 Å². The minimum Gasteiger partial charge on any atom is -0.293 e. The van der Waals surface area contributed by atoms with Crippen molar-refractivity contribution in [3.8, 4) is 0 Å². The summed E-state index contributed by atoms with van der Waals surface area (Å²) in [7, 11) is 1.81. The maximum Gasteiger partial charge on any atom is 0.328 e. The molecule has 0 radical (unpaired) electrons. The van der Waals surface area contributed by atoms with Crippen molar-refractivity contribution in [3.05, 3.63) is 49.5 Å². The Morgan fingerprint density at radius 2 is 2.17 bits per heavy atom. The van der Waals surface area contributed by atoms with E-state index in [9.17, 15) is 9.59 Å². The van der Waals surface area contributed by atoms with E-state index in [0.717, 1.165) is 17.8 Å². The van der Waals surface area contributed by atoms with Crippen molar-refractivity contribution in [2.75, 3.05) is 0 Å². The molecule has 0 amide bonds. The lowest BCUT2D eigenvalue weighted by Crippen LogP contribution is -2.30. The fourth-order valence-corrected chi connectivity index (χ4v) is 1.83. The van der Waals surface area contributed by atoms with Crippen LogP contribution in [-0.2, 0) is 20.0 Å². The predicted octanol–water partition coefficient (Wildman–Crippen LogP) is 0.534. The standard InChI is InChI=1S/C11H13ClN4O2/c1-3-7-4-8(15(2)14-7)5-16-6-9(12)10(17)13-11(16)18/h4,6H,3,5H2,1-2H3,(H,13,17,18). The summed E-state index contributed by atoms with van der Waals surface area (Å²) in [6, 6.07) is 1.92. The van der Waals surface area contributed by atoms with Gasteiger partial charge in [-0.25, -0.2) is 4.79 Å². The molecule has 0 aliphatic carbocycles. The van der Waals surface area contributed by atoms with Crippen molar-refractivity contribution in [2.24, 2.45) is 7.05 Å². The van der Waals surface area contributed by atoms with E-state index >= 15 is 0 Å². The highest BCUT2D eigenvalue weighted by Gasteiger charge is 2.07. The quantitative estimate of drug-likeness (QED) is 0.883. The number of hydrogen-bond acceptors (Lipinski definition) is 3. The van der Waals surface area contributed by atoms with Crippen molar-refractivity contribution < 1.29 is 0 Å². The Morgan fingerprint density at radius 1 is 1.44 bits per heavy atom. The first-order valence-electron chi connectivity index (χ1n) is 5.52. The molecule has 0 saturated heterocycles. The lowest BCUT2D eigenvalue weighted by molar-refractivity contribution is 0.637. The van der Waals surface area contributed by atoms with Crippen LogP contribution in [0.15, 0.2) is 21.9 Å². The second kappa shape index (κ2) is 4.81. The Morgan fingerprint density at radius 3 is 2.78 bits per heavy atom. The minimum atomic E-state index is -0.572. The maximum atomic E-state index is 11.6. The second-order valence-electron chi connectivity index (χ2n) is 3.97. The SMILES string of the molecule is CCc1cc(Cn2cc(Cl)c(=O)[nH]c2=O)n(C)n1. The highest BCUT2D eigenvalue weighted by atomic mass is 35.5. The number of aromatic amines is 1. The van der Waals surface area contributed by atoms with E-state index < -0.39 is 11.2 Å². The zero-order valence-electron chi connectivity index (χ0n) is 10.1. The van der Waals surface area contributed by atoms with Gasteiger partial charge in [0.15, 0.2) is 0 Å². The first-order valence-corrected chi connectivity index (χ1v) is 5.90. The third kappa shape index (κ3) is 2.38. The van der Waals surface area contributed by atoms with Crippen molar-refractivity contribution >= 4 is 11.6 Å². The molecule has 0 saturated carbocycles. The summed E-state index contributed by atoms with van der Waals surface area (Å²) in [5, 5.41) is 4.28. The molecular formula is C11H13ClN4O2. The first-order chi connectivity index (χ1) is 8.51. The average Bonchev–Trinajstić information content (AvgIpc) is 2.67. The van der Waals surface area contributed by atoms with Gasteiger partial charge >= 0.3 is 5.69 Å². The zero-order chi connectivity index (χ0) is 13.3.